The predicted octanol–water partition coefficient (Wildman–Crippen LogP) is 2.75. The molecule has 0 spiro atoms. The lowest BCUT2D eigenvalue weighted by Gasteiger charge is -2.32. The molecule has 0 radical (unpaired) electrons. The highest BCUT2D eigenvalue weighted by Crippen LogP contribution is 2.19. The SMILES string of the molecule is CCNC(=NCc1csc(C(C)C)n1)NC1CCN(S(=O)(=O)CC)CC1.I. The second-order valence-corrected chi connectivity index (χ2v) is 9.89. The largest absolute Gasteiger partial charge is 0.357 e. The topological polar surface area (TPSA) is 86.7 Å². The molecule has 27 heavy (non-hydrogen) atoms. The monoisotopic (exact) mass is 529 g/mol. The average Bonchev–Trinajstić information content (AvgIpc) is 3.10. The molecule has 0 aromatic carbocycles. The molecule has 2 N–H and O–H groups in total. The van der Waals surface area contributed by atoms with Gasteiger partial charge in [0.15, 0.2) is 5.96 Å². The third-order valence-corrected chi connectivity index (χ3v) is 7.44. The Morgan fingerprint density at radius 2 is 2.04 bits per heavy atom. The van der Waals surface area contributed by atoms with Crippen molar-refractivity contribution in [3.63, 3.8) is 0 Å². The minimum absolute atomic E-state index is 0. The van der Waals surface area contributed by atoms with Crippen LogP contribution in [0.5, 0.6) is 0 Å². The highest BCUT2D eigenvalue weighted by molar-refractivity contribution is 14.0. The van der Waals surface area contributed by atoms with Crippen LogP contribution in [-0.2, 0) is 16.6 Å². The van der Waals surface area contributed by atoms with Crippen LogP contribution < -0.4 is 10.6 Å². The number of sulfonamides is 1. The molecule has 1 aliphatic heterocycles. The van der Waals surface area contributed by atoms with Crippen molar-refractivity contribution in [2.24, 2.45) is 4.99 Å². The number of hydrogen-bond acceptors (Lipinski definition) is 5. The quantitative estimate of drug-likeness (QED) is 0.322. The molecule has 1 aromatic heterocycles. The van der Waals surface area contributed by atoms with E-state index >= 15 is 0 Å². The van der Waals surface area contributed by atoms with Crippen LogP contribution >= 0.6 is 35.3 Å². The molecule has 2 rings (SSSR count). The number of rotatable bonds is 7. The first-order chi connectivity index (χ1) is 12.4. The van der Waals surface area contributed by atoms with Crippen LogP contribution in [0.2, 0.25) is 0 Å². The van der Waals surface area contributed by atoms with E-state index in [1.807, 2.05) is 6.92 Å². The lowest BCUT2D eigenvalue weighted by Crippen LogP contribution is -2.50. The van der Waals surface area contributed by atoms with E-state index in [0.29, 0.717) is 25.6 Å². The van der Waals surface area contributed by atoms with E-state index < -0.39 is 10.0 Å². The number of halogens is 1. The molecule has 2 heterocycles. The summed E-state index contributed by atoms with van der Waals surface area (Å²) in [5, 5.41) is 9.91. The summed E-state index contributed by atoms with van der Waals surface area (Å²) in [7, 11) is -3.08. The van der Waals surface area contributed by atoms with Gasteiger partial charge in [0.05, 0.1) is 23.0 Å². The zero-order valence-electron chi connectivity index (χ0n) is 16.6. The number of thiazole rings is 1. The molecule has 1 fully saturated rings. The van der Waals surface area contributed by atoms with Gasteiger partial charge in [-0.3, -0.25) is 0 Å². The number of piperidine rings is 1. The molecular weight excluding hydrogens is 497 g/mol. The Morgan fingerprint density at radius 3 is 2.56 bits per heavy atom. The maximum atomic E-state index is 12.0. The minimum Gasteiger partial charge on any atom is -0.357 e. The Balaban J connectivity index is 0.00000364. The van der Waals surface area contributed by atoms with E-state index in [1.54, 1.807) is 22.6 Å². The maximum Gasteiger partial charge on any atom is 0.213 e. The van der Waals surface area contributed by atoms with Gasteiger partial charge in [-0.1, -0.05) is 13.8 Å². The van der Waals surface area contributed by atoms with Gasteiger partial charge in [0.2, 0.25) is 10.0 Å². The summed E-state index contributed by atoms with van der Waals surface area (Å²) >= 11 is 1.68. The summed E-state index contributed by atoms with van der Waals surface area (Å²) in [6.07, 6.45) is 1.58. The van der Waals surface area contributed by atoms with Gasteiger partial charge in [0.1, 0.15) is 0 Å². The number of hydrogen-bond donors (Lipinski definition) is 2. The van der Waals surface area contributed by atoms with E-state index in [1.165, 1.54) is 0 Å². The van der Waals surface area contributed by atoms with E-state index in [-0.39, 0.29) is 35.8 Å². The first-order valence-electron chi connectivity index (χ1n) is 9.32. The van der Waals surface area contributed by atoms with Crippen molar-refractivity contribution >= 4 is 51.3 Å². The smallest absolute Gasteiger partial charge is 0.213 e. The fraction of sp³-hybridized carbons (Fsp3) is 0.765. The number of guanidine groups is 1. The summed E-state index contributed by atoms with van der Waals surface area (Å²) < 4.78 is 25.5. The van der Waals surface area contributed by atoms with Crippen LogP contribution in [0.3, 0.4) is 0 Å². The highest BCUT2D eigenvalue weighted by atomic mass is 127. The van der Waals surface area contributed by atoms with Crippen LogP contribution in [0.25, 0.3) is 0 Å². The molecule has 1 aliphatic rings. The molecule has 156 valence electrons. The zero-order chi connectivity index (χ0) is 19.2. The molecule has 0 unspecified atom stereocenters. The maximum absolute atomic E-state index is 12.0. The summed E-state index contributed by atoms with van der Waals surface area (Å²) in [6, 6.07) is 0.234. The molecule has 10 heteroatoms. The van der Waals surface area contributed by atoms with Crippen LogP contribution in [0.15, 0.2) is 10.4 Å². The summed E-state index contributed by atoms with van der Waals surface area (Å²) in [6.45, 7) is 10.5. The van der Waals surface area contributed by atoms with Crippen molar-refractivity contribution in [2.75, 3.05) is 25.4 Å². The number of aromatic nitrogens is 1. The first kappa shape index (κ1) is 24.6. The number of nitrogens with one attached hydrogen (secondary N) is 2. The van der Waals surface area contributed by atoms with Crippen molar-refractivity contribution in [2.45, 2.75) is 59.0 Å². The Kier molecular flexibility index (Phi) is 10.5. The second kappa shape index (κ2) is 11.5. The molecule has 0 atom stereocenters. The molecule has 0 bridgehead atoms. The van der Waals surface area contributed by atoms with Gasteiger partial charge >= 0.3 is 0 Å². The van der Waals surface area contributed by atoms with Crippen LogP contribution in [0.4, 0.5) is 0 Å². The highest BCUT2D eigenvalue weighted by Gasteiger charge is 2.27. The van der Waals surface area contributed by atoms with E-state index in [0.717, 1.165) is 36.0 Å². The van der Waals surface area contributed by atoms with E-state index in [9.17, 15) is 8.42 Å². The molecule has 0 amide bonds. The molecular formula is C17H32IN5O2S2. The molecule has 1 aromatic rings. The zero-order valence-corrected chi connectivity index (χ0v) is 20.5. The number of nitrogens with zero attached hydrogens (tertiary/aromatic N) is 3. The van der Waals surface area contributed by atoms with Crippen LogP contribution in [0.1, 0.15) is 57.2 Å². The van der Waals surface area contributed by atoms with Gasteiger partial charge in [0.25, 0.3) is 0 Å². The van der Waals surface area contributed by atoms with Gasteiger partial charge in [-0.15, -0.1) is 35.3 Å². The molecule has 7 nitrogen and oxygen atoms in total. The summed E-state index contributed by atoms with van der Waals surface area (Å²) in [5.74, 6) is 1.37. The summed E-state index contributed by atoms with van der Waals surface area (Å²) in [5.41, 5.74) is 0.986. The Morgan fingerprint density at radius 1 is 1.37 bits per heavy atom. The first-order valence-corrected chi connectivity index (χ1v) is 11.8. The Bertz CT molecular complexity index is 698. The third kappa shape index (κ3) is 7.47. The van der Waals surface area contributed by atoms with Crippen molar-refractivity contribution in [1.29, 1.82) is 0 Å². The lowest BCUT2D eigenvalue weighted by molar-refractivity contribution is 0.306. The molecule has 0 aliphatic carbocycles. The average molecular weight is 530 g/mol. The Hall–Kier alpha value is -0.460. The van der Waals surface area contributed by atoms with E-state index in [2.05, 4.69) is 39.8 Å². The summed E-state index contributed by atoms with van der Waals surface area (Å²) in [4.78, 5) is 9.26. The van der Waals surface area contributed by atoms with Gasteiger partial charge in [0, 0.05) is 37.0 Å². The minimum atomic E-state index is -3.08. The van der Waals surface area contributed by atoms with Crippen molar-refractivity contribution in [1.82, 2.24) is 19.9 Å². The fourth-order valence-electron chi connectivity index (χ4n) is 2.79. The predicted molar refractivity (Wildman–Crippen MR) is 124 cm³/mol. The number of aliphatic imine (C=N–C) groups is 1. The van der Waals surface area contributed by atoms with Gasteiger partial charge in [-0.2, -0.15) is 0 Å². The van der Waals surface area contributed by atoms with Crippen molar-refractivity contribution < 1.29 is 8.42 Å². The van der Waals surface area contributed by atoms with Crippen molar-refractivity contribution in [3.8, 4) is 0 Å². The van der Waals surface area contributed by atoms with Gasteiger partial charge in [-0.25, -0.2) is 22.7 Å². The Labute approximate surface area is 184 Å². The standard InChI is InChI=1S/C17H31N5O2S2.HI/c1-5-18-17(19-11-15-12-25-16(20-15)13(3)4)21-14-7-9-22(10-8-14)26(23,24)6-2;/h12-14H,5-11H2,1-4H3,(H2,18,19,21);1H. The van der Waals surface area contributed by atoms with Crippen LogP contribution in [-0.4, -0.2) is 55.1 Å². The van der Waals surface area contributed by atoms with E-state index in [4.69, 9.17) is 0 Å². The normalized spacial score (nSPS) is 17.0. The molecule has 1 saturated heterocycles. The lowest BCUT2D eigenvalue weighted by atomic mass is 10.1. The third-order valence-electron chi connectivity index (χ3n) is 4.36. The van der Waals surface area contributed by atoms with Crippen LogP contribution in [0, 0.1) is 0 Å². The second-order valence-electron chi connectivity index (χ2n) is 6.75. The fourth-order valence-corrected chi connectivity index (χ4v) is 4.75. The molecule has 0 saturated carbocycles. The van der Waals surface area contributed by atoms with Gasteiger partial charge < -0.3 is 10.6 Å². The van der Waals surface area contributed by atoms with Gasteiger partial charge in [-0.05, 0) is 26.7 Å². The van der Waals surface area contributed by atoms with Crippen molar-refractivity contribution in [3.05, 3.63) is 16.1 Å².